The second-order valence-electron chi connectivity index (χ2n) is 1.85. The van der Waals surface area contributed by atoms with Crippen molar-refractivity contribution in [3.05, 3.63) is 0 Å². The summed E-state index contributed by atoms with van der Waals surface area (Å²) in [5.74, 6) is 0. The summed E-state index contributed by atoms with van der Waals surface area (Å²) in [6, 6.07) is 0. The first-order chi connectivity index (χ1) is 2.43. The predicted molar refractivity (Wildman–Crippen MR) is 31.8 cm³/mol. The number of halogens is 1. The lowest BCUT2D eigenvalue weighted by Gasteiger charge is -1.65. The number of hydrogen-bond donors (Lipinski definition) is 0. The molecule has 0 saturated heterocycles. The Bertz CT molecular complexity index is 34.5. The molecule has 6 heavy (non-hydrogen) atoms. The Kier molecular flexibility index (Phi) is 3.66. The summed E-state index contributed by atoms with van der Waals surface area (Å²) in [5, 5.41) is 2.40. The van der Waals surface area contributed by atoms with Gasteiger partial charge in [-0.05, 0) is 0 Å². The van der Waals surface area contributed by atoms with Gasteiger partial charge in [-0.2, -0.15) is 5.05 Å². The molecule has 0 aliphatic heterocycles. The quantitative estimate of drug-likeness (QED) is 0.458. The SMILES string of the molecule is Cl.[CH3][Mg][CH]1CC1. The molecule has 0 aromatic carbocycles. The highest BCUT2D eigenvalue weighted by Crippen LogP contribution is 2.34. The minimum absolute atomic E-state index is 0. The highest BCUT2D eigenvalue weighted by molar-refractivity contribution is 6.36. The van der Waals surface area contributed by atoms with Crippen LogP contribution in [-0.4, -0.2) is 20.4 Å². The molecule has 1 saturated carbocycles. The molecule has 0 bridgehead atoms. The summed E-state index contributed by atoms with van der Waals surface area (Å²) in [4.78, 5) is 0. The molecule has 0 heterocycles. The summed E-state index contributed by atoms with van der Waals surface area (Å²) in [6.07, 6.45) is 3.14. The van der Waals surface area contributed by atoms with Crippen molar-refractivity contribution >= 4 is 32.8 Å². The topological polar surface area (TPSA) is 0 Å². The van der Waals surface area contributed by atoms with Gasteiger partial charge >= 0.3 is 20.4 Å². The van der Waals surface area contributed by atoms with Gasteiger partial charge in [0.05, 0.1) is 0 Å². The van der Waals surface area contributed by atoms with Crippen LogP contribution in [0.2, 0.25) is 9.10 Å². The average molecular weight is 117 g/mol. The molecule has 1 aliphatic carbocycles. The van der Waals surface area contributed by atoms with Gasteiger partial charge in [-0.15, -0.1) is 16.5 Å². The Morgan fingerprint density at radius 1 is 1.50 bits per heavy atom. The Morgan fingerprint density at radius 3 is 2.00 bits per heavy atom. The highest BCUT2D eigenvalue weighted by atomic mass is 35.5. The third kappa shape index (κ3) is 2.27. The van der Waals surface area contributed by atoms with E-state index in [1.54, 1.807) is 12.8 Å². The van der Waals surface area contributed by atoms with Crippen LogP contribution in [-0.2, 0) is 0 Å². The van der Waals surface area contributed by atoms with Crippen LogP contribution in [0, 0.1) is 0 Å². The van der Waals surface area contributed by atoms with Gasteiger partial charge in [-0.3, -0.25) is 0 Å². The monoisotopic (exact) mass is 116 g/mol. The zero-order valence-corrected chi connectivity index (χ0v) is 6.34. The van der Waals surface area contributed by atoms with Gasteiger partial charge in [-0.25, -0.2) is 0 Å². The average Bonchev–Trinajstić information content (AvgIpc) is 2.12. The van der Waals surface area contributed by atoms with Gasteiger partial charge in [0.15, 0.2) is 0 Å². The Labute approximate surface area is 54.8 Å². The van der Waals surface area contributed by atoms with Gasteiger partial charge in [0.2, 0.25) is 0 Å². The molecule has 0 unspecified atom stereocenters. The second kappa shape index (κ2) is 3.11. The van der Waals surface area contributed by atoms with Crippen molar-refractivity contribution in [1.82, 2.24) is 0 Å². The normalized spacial score (nSPS) is 18.2. The first-order valence-electron chi connectivity index (χ1n) is 2.43. The van der Waals surface area contributed by atoms with E-state index in [0.29, 0.717) is 20.4 Å². The van der Waals surface area contributed by atoms with Crippen LogP contribution >= 0.6 is 12.4 Å². The molecule has 0 spiro atoms. The van der Waals surface area contributed by atoms with Crippen LogP contribution < -0.4 is 0 Å². The van der Waals surface area contributed by atoms with E-state index in [4.69, 9.17) is 0 Å². The van der Waals surface area contributed by atoms with Crippen LogP contribution in [0.1, 0.15) is 12.8 Å². The van der Waals surface area contributed by atoms with E-state index in [1.807, 2.05) is 0 Å². The van der Waals surface area contributed by atoms with Gasteiger partial charge < -0.3 is 0 Å². The van der Waals surface area contributed by atoms with E-state index in [-0.39, 0.29) is 12.4 Å². The summed E-state index contributed by atoms with van der Waals surface area (Å²) in [6.45, 7) is 0. The lowest BCUT2D eigenvalue weighted by Crippen LogP contribution is -1.71. The third-order valence-electron chi connectivity index (χ3n) is 1.27. The van der Waals surface area contributed by atoms with Crippen molar-refractivity contribution in [2.24, 2.45) is 0 Å². The molecule has 34 valence electrons. The van der Waals surface area contributed by atoms with Crippen molar-refractivity contribution in [2.45, 2.75) is 21.9 Å². The van der Waals surface area contributed by atoms with Crippen molar-refractivity contribution < 1.29 is 0 Å². The van der Waals surface area contributed by atoms with Crippen molar-refractivity contribution in [3.63, 3.8) is 0 Å². The smallest absolute Gasteiger partial charge is 0.157 e. The van der Waals surface area contributed by atoms with Crippen LogP contribution in [0.4, 0.5) is 0 Å². The molecule has 1 rings (SSSR count). The van der Waals surface area contributed by atoms with E-state index in [0.717, 1.165) is 0 Å². The Hall–Kier alpha value is 1.06. The van der Waals surface area contributed by atoms with E-state index >= 15 is 0 Å². The Morgan fingerprint density at radius 2 is 2.00 bits per heavy atom. The van der Waals surface area contributed by atoms with Crippen LogP contribution in [0.3, 0.4) is 0 Å². The van der Waals surface area contributed by atoms with Crippen molar-refractivity contribution in [3.8, 4) is 0 Å². The van der Waals surface area contributed by atoms with E-state index in [9.17, 15) is 0 Å². The largest absolute Gasteiger partial charge is 0.364 e. The third-order valence-corrected chi connectivity index (χ3v) is 3.25. The zero-order valence-electron chi connectivity index (χ0n) is 4.11. The molecule has 2 heteroatoms. The fraction of sp³-hybridized carbons (Fsp3) is 1.00. The van der Waals surface area contributed by atoms with Gasteiger partial charge in [-0.1, -0.05) is 12.8 Å². The molecular weight excluding hydrogens is 108 g/mol. The summed E-state index contributed by atoms with van der Waals surface area (Å²) in [5.41, 5.74) is 0. The summed E-state index contributed by atoms with van der Waals surface area (Å²) < 4.78 is 1.27. The molecular formula is C4H9ClMg. The lowest BCUT2D eigenvalue weighted by molar-refractivity contribution is 1.44. The van der Waals surface area contributed by atoms with Crippen molar-refractivity contribution in [1.29, 1.82) is 0 Å². The maximum Gasteiger partial charge on any atom is 0.364 e. The molecule has 0 aromatic rings. The van der Waals surface area contributed by atoms with Crippen LogP contribution in [0.25, 0.3) is 0 Å². The predicted octanol–water partition coefficient (Wildman–Crippen LogP) is 1.74. The first-order valence-corrected chi connectivity index (χ1v) is 4.66. The highest BCUT2D eigenvalue weighted by Gasteiger charge is 2.18. The number of rotatable bonds is 1. The molecule has 0 nitrogen and oxygen atoms in total. The van der Waals surface area contributed by atoms with Crippen LogP contribution in [0.5, 0.6) is 0 Å². The first kappa shape index (κ1) is 7.06. The molecule has 0 N–H and O–H groups in total. The fourth-order valence-corrected chi connectivity index (χ4v) is 1.58. The standard InChI is InChI=1S/C3H5.CH3.ClH.Mg/c1-2-3-1;;;/h1H,2-3H2;1H3;1H;. The van der Waals surface area contributed by atoms with Gasteiger partial charge in [0.25, 0.3) is 0 Å². The fourth-order valence-electron chi connectivity index (χ4n) is 0.526. The minimum atomic E-state index is 0. The molecule has 0 aromatic heterocycles. The van der Waals surface area contributed by atoms with E-state index < -0.39 is 0 Å². The Balaban J connectivity index is 0.000000250. The second-order valence-corrected chi connectivity index (χ2v) is 3.82. The van der Waals surface area contributed by atoms with E-state index in [2.05, 4.69) is 5.05 Å². The van der Waals surface area contributed by atoms with E-state index in [1.165, 1.54) is 4.05 Å². The minimum Gasteiger partial charge on any atom is -0.157 e. The molecule has 1 aliphatic rings. The van der Waals surface area contributed by atoms with Crippen LogP contribution in [0.15, 0.2) is 0 Å². The number of hydrogen-bond acceptors (Lipinski definition) is 0. The molecule has 0 atom stereocenters. The van der Waals surface area contributed by atoms with Gasteiger partial charge in [0.1, 0.15) is 0 Å². The maximum atomic E-state index is 2.40. The lowest BCUT2D eigenvalue weighted by atomic mass is 11.0. The molecule has 1 fully saturated rings. The maximum absolute atomic E-state index is 2.40. The zero-order chi connectivity index (χ0) is 3.70. The van der Waals surface area contributed by atoms with Gasteiger partial charge in [0, 0.05) is 0 Å². The molecule has 0 radical (unpaired) electrons. The van der Waals surface area contributed by atoms with Crippen molar-refractivity contribution in [2.75, 3.05) is 0 Å². The summed E-state index contributed by atoms with van der Waals surface area (Å²) in [7, 11) is 0. The molecule has 0 amide bonds. The summed E-state index contributed by atoms with van der Waals surface area (Å²) >= 11 is 0.460.